The van der Waals surface area contributed by atoms with Crippen LogP contribution in [-0.4, -0.2) is 10.9 Å². The van der Waals surface area contributed by atoms with E-state index in [1.54, 1.807) is 18.3 Å². The molecule has 0 saturated carbocycles. The van der Waals surface area contributed by atoms with Crippen molar-refractivity contribution in [1.82, 2.24) is 4.98 Å². The van der Waals surface area contributed by atoms with Crippen molar-refractivity contribution in [1.29, 1.82) is 0 Å². The Morgan fingerprint density at radius 2 is 2.15 bits per heavy atom. The number of carbonyl (C=O) groups excluding carboxylic acids is 1. The second kappa shape index (κ2) is 5.52. The van der Waals surface area contributed by atoms with Crippen molar-refractivity contribution in [3.05, 3.63) is 56.3 Å². The number of benzene rings is 1. The number of nitrogens with zero attached hydrogens (tertiary/aromatic N) is 1. The molecule has 3 rings (SSSR count). The van der Waals surface area contributed by atoms with Gasteiger partial charge in [-0.2, -0.15) is 0 Å². The topological polar surface area (TPSA) is 42.0 Å². The summed E-state index contributed by atoms with van der Waals surface area (Å²) in [7, 11) is 0. The molecule has 0 atom stereocenters. The molecule has 3 nitrogen and oxygen atoms in total. The van der Waals surface area contributed by atoms with Crippen molar-refractivity contribution in [3.8, 4) is 0 Å². The second-order valence-corrected chi connectivity index (χ2v) is 6.22. The van der Waals surface area contributed by atoms with Crippen LogP contribution in [0.2, 0.25) is 5.02 Å². The fourth-order valence-corrected chi connectivity index (χ4v) is 3.54. The molecular weight excluding hydrogens is 360 g/mol. The highest BCUT2D eigenvalue weighted by Crippen LogP contribution is 2.29. The van der Waals surface area contributed by atoms with Gasteiger partial charge in [-0.1, -0.05) is 11.6 Å². The summed E-state index contributed by atoms with van der Waals surface area (Å²) in [5.41, 5.74) is 1.38. The molecule has 0 radical (unpaired) electrons. The minimum absolute atomic E-state index is 0.153. The van der Waals surface area contributed by atoms with E-state index in [4.69, 9.17) is 11.6 Å². The maximum Gasteiger partial charge on any atom is 0.266 e. The van der Waals surface area contributed by atoms with Gasteiger partial charge in [-0.15, -0.1) is 11.3 Å². The van der Waals surface area contributed by atoms with Gasteiger partial charge in [-0.05, 0) is 51.6 Å². The van der Waals surface area contributed by atoms with Gasteiger partial charge >= 0.3 is 0 Å². The molecule has 0 aliphatic carbocycles. The second-order valence-electron chi connectivity index (χ2n) is 4.05. The lowest BCUT2D eigenvalue weighted by molar-refractivity contribution is 0.103. The number of amides is 1. The monoisotopic (exact) mass is 366 g/mol. The standard InChI is InChI=1S/C14H8BrClN2OS/c15-9-5-7-20-13(9)14(19)18-11-4-3-10(16)12-8(11)2-1-6-17-12/h1-7H,(H,18,19). The van der Waals surface area contributed by atoms with Crippen LogP contribution in [0.3, 0.4) is 0 Å². The minimum atomic E-state index is -0.153. The van der Waals surface area contributed by atoms with E-state index in [0.717, 1.165) is 9.86 Å². The molecule has 0 fully saturated rings. The van der Waals surface area contributed by atoms with Crippen LogP contribution >= 0.6 is 38.9 Å². The van der Waals surface area contributed by atoms with E-state index < -0.39 is 0 Å². The number of halogens is 2. The predicted octanol–water partition coefficient (Wildman–Crippen LogP) is 4.96. The summed E-state index contributed by atoms with van der Waals surface area (Å²) in [6, 6.07) is 9.06. The summed E-state index contributed by atoms with van der Waals surface area (Å²) < 4.78 is 0.788. The van der Waals surface area contributed by atoms with E-state index in [1.807, 2.05) is 23.6 Å². The van der Waals surface area contributed by atoms with Crippen LogP contribution in [0.4, 0.5) is 5.69 Å². The van der Waals surface area contributed by atoms with E-state index >= 15 is 0 Å². The third kappa shape index (κ3) is 2.44. The molecule has 6 heteroatoms. The number of aromatic nitrogens is 1. The van der Waals surface area contributed by atoms with Crippen LogP contribution < -0.4 is 5.32 Å². The number of hydrogen-bond donors (Lipinski definition) is 1. The SMILES string of the molecule is O=C(Nc1ccc(Cl)c2ncccc12)c1sccc1Br. The van der Waals surface area contributed by atoms with Crippen molar-refractivity contribution in [2.75, 3.05) is 5.32 Å². The summed E-state index contributed by atoms with van der Waals surface area (Å²) in [6.45, 7) is 0. The van der Waals surface area contributed by atoms with Crippen LogP contribution in [0.15, 0.2) is 46.4 Å². The summed E-state index contributed by atoms with van der Waals surface area (Å²) in [5.74, 6) is -0.153. The molecule has 1 N–H and O–H groups in total. The summed E-state index contributed by atoms with van der Waals surface area (Å²) in [5, 5.41) is 6.15. The number of carbonyl (C=O) groups is 1. The quantitative estimate of drug-likeness (QED) is 0.695. The summed E-state index contributed by atoms with van der Waals surface area (Å²) in [6.07, 6.45) is 1.68. The van der Waals surface area contributed by atoms with Crippen molar-refractivity contribution in [2.24, 2.45) is 0 Å². The molecule has 0 aliphatic heterocycles. The number of fused-ring (bicyclic) bond motifs is 1. The lowest BCUT2D eigenvalue weighted by atomic mass is 10.2. The molecule has 0 aliphatic rings. The molecule has 20 heavy (non-hydrogen) atoms. The van der Waals surface area contributed by atoms with E-state index in [0.29, 0.717) is 21.1 Å². The van der Waals surface area contributed by atoms with Crippen molar-refractivity contribution < 1.29 is 4.79 Å². The van der Waals surface area contributed by atoms with Gasteiger partial charge in [0.15, 0.2) is 0 Å². The molecule has 2 heterocycles. The van der Waals surface area contributed by atoms with E-state index in [1.165, 1.54) is 11.3 Å². The first-order valence-corrected chi connectivity index (χ1v) is 7.79. The molecule has 0 unspecified atom stereocenters. The highest BCUT2D eigenvalue weighted by Gasteiger charge is 2.13. The van der Waals surface area contributed by atoms with Gasteiger partial charge in [0, 0.05) is 16.1 Å². The first-order chi connectivity index (χ1) is 9.66. The van der Waals surface area contributed by atoms with Crippen molar-refractivity contribution >= 4 is 61.4 Å². The smallest absolute Gasteiger partial charge is 0.266 e. The van der Waals surface area contributed by atoms with Crippen LogP contribution in [0.25, 0.3) is 10.9 Å². The Labute approximate surface area is 132 Å². The van der Waals surface area contributed by atoms with E-state index in [9.17, 15) is 4.79 Å². The van der Waals surface area contributed by atoms with Crippen molar-refractivity contribution in [2.45, 2.75) is 0 Å². The highest BCUT2D eigenvalue weighted by molar-refractivity contribution is 9.10. The molecule has 0 spiro atoms. The number of hydrogen-bond acceptors (Lipinski definition) is 3. The first kappa shape index (κ1) is 13.5. The highest BCUT2D eigenvalue weighted by atomic mass is 79.9. The molecule has 0 saturated heterocycles. The molecule has 1 aromatic carbocycles. The van der Waals surface area contributed by atoms with Gasteiger partial charge in [0.05, 0.1) is 16.2 Å². The first-order valence-electron chi connectivity index (χ1n) is 5.74. The number of nitrogens with one attached hydrogen (secondary N) is 1. The van der Waals surface area contributed by atoms with Crippen LogP contribution in [0, 0.1) is 0 Å². The molecule has 100 valence electrons. The Balaban J connectivity index is 2.02. The molecular formula is C14H8BrClN2OS. The Kier molecular flexibility index (Phi) is 3.74. The molecule has 3 aromatic rings. The maximum atomic E-state index is 12.2. The lowest BCUT2D eigenvalue weighted by Gasteiger charge is -2.08. The zero-order valence-corrected chi connectivity index (χ0v) is 13.2. The third-order valence-corrected chi connectivity index (χ3v) is 4.93. The van der Waals surface area contributed by atoms with Gasteiger partial charge in [0.2, 0.25) is 0 Å². The predicted molar refractivity (Wildman–Crippen MR) is 86.7 cm³/mol. The van der Waals surface area contributed by atoms with Gasteiger partial charge < -0.3 is 5.32 Å². The van der Waals surface area contributed by atoms with E-state index in [2.05, 4.69) is 26.2 Å². The zero-order valence-electron chi connectivity index (χ0n) is 10.1. The largest absolute Gasteiger partial charge is 0.321 e. The summed E-state index contributed by atoms with van der Waals surface area (Å²) in [4.78, 5) is 17.1. The molecule has 1 amide bonds. The van der Waals surface area contributed by atoms with Crippen LogP contribution in [0.5, 0.6) is 0 Å². The number of rotatable bonds is 2. The van der Waals surface area contributed by atoms with Gasteiger partial charge in [0.1, 0.15) is 4.88 Å². The van der Waals surface area contributed by atoms with Gasteiger partial charge in [0.25, 0.3) is 5.91 Å². The van der Waals surface area contributed by atoms with E-state index in [-0.39, 0.29) is 5.91 Å². The van der Waals surface area contributed by atoms with Crippen molar-refractivity contribution in [3.63, 3.8) is 0 Å². The number of thiophene rings is 1. The van der Waals surface area contributed by atoms with Crippen LogP contribution in [-0.2, 0) is 0 Å². The Hall–Kier alpha value is -1.43. The minimum Gasteiger partial charge on any atom is -0.321 e. The molecule has 2 aromatic heterocycles. The lowest BCUT2D eigenvalue weighted by Crippen LogP contribution is -2.11. The fourth-order valence-electron chi connectivity index (χ4n) is 1.88. The number of anilines is 1. The average Bonchev–Trinajstić information content (AvgIpc) is 2.88. The number of pyridine rings is 1. The van der Waals surface area contributed by atoms with Crippen LogP contribution in [0.1, 0.15) is 9.67 Å². The molecule has 0 bridgehead atoms. The summed E-state index contributed by atoms with van der Waals surface area (Å²) >= 11 is 10.9. The fraction of sp³-hybridized carbons (Fsp3) is 0. The Morgan fingerprint density at radius 1 is 1.30 bits per heavy atom. The van der Waals surface area contributed by atoms with Gasteiger partial charge in [-0.3, -0.25) is 9.78 Å². The maximum absolute atomic E-state index is 12.2. The Morgan fingerprint density at radius 3 is 2.90 bits per heavy atom. The average molecular weight is 368 g/mol. The Bertz CT molecular complexity index is 803. The third-order valence-electron chi connectivity index (χ3n) is 2.79. The zero-order chi connectivity index (χ0) is 14.1. The normalized spacial score (nSPS) is 10.7. The van der Waals surface area contributed by atoms with Gasteiger partial charge in [-0.25, -0.2) is 0 Å².